The first-order chi connectivity index (χ1) is 23.3. The Morgan fingerprint density at radius 2 is 1.92 bits per heavy atom. The van der Waals surface area contributed by atoms with Gasteiger partial charge in [0.1, 0.15) is 17.7 Å². The summed E-state index contributed by atoms with van der Waals surface area (Å²) in [6.45, 7) is 5.33. The second kappa shape index (κ2) is 12.3. The Bertz CT molecular complexity index is 1910. The van der Waals surface area contributed by atoms with E-state index >= 15 is 8.78 Å². The van der Waals surface area contributed by atoms with E-state index < -0.39 is 43.6 Å². The third-order valence-electron chi connectivity index (χ3n) is 11.3. The fourth-order valence-electron chi connectivity index (χ4n) is 8.90. The molecule has 0 spiro atoms. The van der Waals surface area contributed by atoms with Crippen LogP contribution in [0.5, 0.6) is 11.8 Å². The van der Waals surface area contributed by atoms with E-state index in [1.807, 2.05) is 0 Å². The Morgan fingerprint density at radius 1 is 1.08 bits per heavy atom. The molecule has 2 aromatic heterocycles. The van der Waals surface area contributed by atoms with Crippen molar-refractivity contribution in [2.24, 2.45) is 0 Å². The molecule has 0 amide bonds. The number of phenols is 1. The van der Waals surface area contributed by atoms with Gasteiger partial charge in [0.2, 0.25) is 0 Å². The van der Waals surface area contributed by atoms with Crippen molar-refractivity contribution in [1.29, 1.82) is 0 Å². The molecular weight excluding hydrogens is 927 g/mol. The minimum Gasteiger partial charge on any atom is -0.206 e. The van der Waals surface area contributed by atoms with E-state index in [9.17, 15) is 9.50 Å². The van der Waals surface area contributed by atoms with Gasteiger partial charge in [-0.2, -0.15) is 0 Å². The SMILES string of the molecule is Oc1cc(-c2ncc3c(N4CC5CCC(C4)N5C[C@@H]4C[N]4[Tl][I])nc(OC[C@@]45CCCN4C[C@H](F)C5)nc3c2F)c2c(F)cccc2c1. The van der Waals surface area contributed by atoms with Gasteiger partial charge in [0.25, 0.3) is 0 Å². The van der Waals surface area contributed by atoms with Crippen LogP contribution in [0.15, 0.2) is 36.5 Å². The van der Waals surface area contributed by atoms with Gasteiger partial charge in [0.15, 0.2) is 0 Å². The van der Waals surface area contributed by atoms with Crippen molar-refractivity contribution in [3.63, 3.8) is 0 Å². The van der Waals surface area contributed by atoms with Gasteiger partial charge in [-0.05, 0) is 43.0 Å². The number of hydrogen-bond donors (Lipinski definition) is 1. The number of fused-ring (bicyclic) bond motifs is 5. The topological polar surface area (TPSA) is 80.9 Å². The summed E-state index contributed by atoms with van der Waals surface area (Å²) in [5.41, 5.74) is -0.356. The molecule has 0 saturated carbocycles. The van der Waals surface area contributed by atoms with E-state index in [0.717, 1.165) is 51.9 Å². The molecule has 14 heteroatoms. The van der Waals surface area contributed by atoms with Gasteiger partial charge in [0.05, 0.1) is 5.54 Å². The van der Waals surface area contributed by atoms with Crippen molar-refractivity contribution in [1.82, 2.24) is 27.5 Å². The first-order valence-corrected chi connectivity index (χ1v) is 31.4. The number of halogens is 4. The summed E-state index contributed by atoms with van der Waals surface area (Å²) in [7, 11) is 0. The minimum absolute atomic E-state index is 0.0290. The number of hydrogen-bond acceptors (Lipinski definition) is 9. The van der Waals surface area contributed by atoms with Gasteiger partial charge in [-0.3, -0.25) is 4.90 Å². The first kappa shape index (κ1) is 31.9. The zero-order chi connectivity index (χ0) is 32.7. The van der Waals surface area contributed by atoms with Crippen LogP contribution >= 0.6 is 17.8 Å². The van der Waals surface area contributed by atoms with Gasteiger partial charge in [0, 0.05) is 23.9 Å². The Morgan fingerprint density at radius 3 is 2.71 bits per heavy atom. The molecule has 9 nitrogen and oxygen atoms in total. The average molecular weight is 962 g/mol. The van der Waals surface area contributed by atoms with E-state index in [4.69, 9.17) is 9.72 Å². The number of phenolic OH excluding ortho intramolecular Hbond substituents is 1. The molecule has 0 radical (unpaired) electrons. The van der Waals surface area contributed by atoms with Gasteiger partial charge >= 0.3 is 179 Å². The normalized spacial score (nSPS) is 29.9. The molecule has 7 heterocycles. The number of nitrogens with zero attached hydrogens (tertiary/aromatic N) is 7. The Labute approximate surface area is 297 Å². The molecule has 1 N–H and O–H groups in total. The van der Waals surface area contributed by atoms with Crippen LogP contribution < -0.4 is 9.64 Å². The van der Waals surface area contributed by atoms with Crippen LogP contribution in [0.1, 0.15) is 32.1 Å². The van der Waals surface area contributed by atoms with Gasteiger partial charge < -0.3 is 5.11 Å². The number of pyridine rings is 1. The molecule has 5 fully saturated rings. The summed E-state index contributed by atoms with van der Waals surface area (Å²) < 4.78 is 55.6. The fourth-order valence-corrected chi connectivity index (χ4v) is 17.1. The van der Waals surface area contributed by atoms with E-state index in [2.05, 4.69) is 45.1 Å². The molecule has 2 bridgehead atoms. The molecule has 249 valence electrons. The van der Waals surface area contributed by atoms with Crippen LogP contribution in [0.3, 0.4) is 0 Å². The minimum atomic E-state index is -0.902. The molecule has 3 unspecified atom stereocenters. The van der Waals surface area contributed by atoms with Gasteiger partial charge in [-0.15, -0.1) is 0 Å². The van der Waals surface area contributed by atoms with Crippen molar-refractivity contribution in [3.8, 4) is 23.0 Å². The van der Waals surface area contributed by atoms with E-state index in [1.54, 1.807) is 18.3 Å². The quantitative estimate of drug-likeness (QED) is 0.148. The second-order valence-electron chi connectivity index (χ2n) is 14.1. The predicted molar refractivity (Wildman–Crippen MR) is 186 cm³/mol. The van der Waals surface area contributed by atoms with Crippen molar-refractivity contribution >= 4 is 65.5 Å². The Hall–Kier alpha value is -2.09. The number of benzene rings is 2. The molecule has 48 heavy (non-hydrogen) atoms. The molecular formula is C34H35F3IN7O2Tl. The zero-order valence-electron chi connectivity index (χ0n) is 26.3. The van der Waals surface area contributed by atoms with Crippen molar-refractivity contribution < 1.29 is 23.0 Å². The summed E-state index contributed by atoms with van der Waals surface area (Å²) in [6.07, 6.45) is 5.10. The number of anilines is 1. The summed E-state index contributed by atoms with van der Waals surface area (Å²) in [5, 5.41) is 11.6. The molecule has 5 aliphatic rings. The van der Waals surface area contributed by atoms with Gasteiger partial charge in [-0.25, -0.2) is 8.78 Å². The first-order valence-electron chi connectivity index (χ1n) is 16.8. The van der Waals surface area contributed by atoms with Crippen LogP contribution in [0.25, 0.3) is 32.9 Å². The predicted octanol–water partition coefficient (Wildman–Crippen LogP) is 5.09. The number of aromatic hydroxyl groups is 1. The van der Waals surface area contributed by atoms with E-state index in [0.29, 0.717) is 47.7 Å². The molecule has 4 aromatic rings. The standard InChI is InChI=1S/C34H35F3N7O2.HI.Tl/c35-20-11-34(7-2-8-43(34)14-20)18-46-33-40-31-26(32(41-33)42-16-22-5-6-23(17-42)44(22)15-21-12-38-21)13-39-30(29(31)37)25-10-24(45)9-19-3-1-4-27(36)28(19)25;;/h1,3-4,9-10,13,20-23,45H,2,5-8,11-12,14-18H2;1H;/q-1;;+2/p-1/t20-,21+,22?,23?,34+;;/m1../s1. The van der Waals surface area contributed by atoms with Crippen LogP contribution in [0.4, 0.5) is 19.0 Å². The zero-order valence-corrected chi connectivity index (χ0v) is 33.0. The fraction of sp³-hybridized carbons (Fsp3) is 0.500. The summed E-state index contributed by atoms with van der Waals surface area (Å²) in [5.74, 6) is -0.820. The van der Waals surface area contributed by atoms with Crippen molar-refractivity contribution in [2.45, 2.75) is 61.9 Å². The molecule has 5 aliphatic heterocycles. The number of ether oxygens (including phenoxy) is 1. The summed E-state index contributed by atoms with van der Waals surface area (Å²) >= 11 is 1.88. The molecule has 9 rings (SSSR count). The van der Waals surface area contributed by atoms with Crippen molar-refractivity contribution in [2.75, 3.05) is 50.8 Å². The smallest absolute Gasteiger partial charge is 0.206 e. The molecule has 6 atom stereocenters. The number of rotatable bonds is 8. The maximum absolute atomic E-state index is 16.8. The van der Waals surface area contributed by atoms with Crippen molar-refractivity contribution in [3.05, 3.63) is 48.2 Å². The molecule has 5 saturated heterocycles. The monoisotopic (exact) mass is 962 g/mol. The summed E-state index contributed by atoms with van der Waals surface area (Å²) in [6, 6.07) is 8.83. The molecule has 2 aromatic carbocycles. The van der Waals surface area contributed by atoms with Crippen LogP contribution in [0, 0.1) is 11.6 Å². The third-order valence-corrected chi connectivity index (χ3v) is 21.0. The summed E-state index contributed by atoms with van der Waals surface area (Å²) in [4.78, 5) is 21.1. The average Bonchev–Trinajstić information content (AvgIpc) is 3.52. The maximum atomic E-state index is 16.8. The number of piperazine rings is 1. The Kier molecular flexibility index (Phi) is 8.16. The second-order valence-corrected chi connectivity index (χ2v) is 22.4. The van der Waals surface area contributed by atoms with Crippen LogP contribution in [-0.4, -0.2) is 129 Å². The third kappa shape index (κ3) is 5.44. The number of alkyl halides is 1. The Balaban J connectivity index is 1.12. The van der Waals surface area contributed by atoms with E-state index in [1.165, 1.54) is 24.7 Å². The van der Waals surface area contributed by atoms with E-state index in [-0.39, 0.29) is 40.5 Å². The van der Waals surface area contributed by atoms with Gasteiger partial charge in [-0.1, -0.05) is 12.1 Å². The van der Waals surface area contributed by atoms with Crippen LogP contribution in [-0.2, 0) is 0 Å². The van der Waals surface area contributed by atoms with Crippen LogP contribution in [0.2, 0.25) is 0 Å². The number of aromatic nitrogens is 3. The molecule has 0 aliphatic carbocycles.